The number of aryl methyl sites for hydroxylation is 2. The molecule has 0 spiro atoms. The molecule has 10 heavy (non-hydrogen) atoms. The first-order valence-electron chi connectivity index (χ1n) is 3.57. The van der Waals surface area contributed by atoms with Gasteiger partial charge in [-0.15, -0.1) is 0 Å². The molecule has 0 N–H and O–H groups in total. The standard InChI is InChI=1S/C10H10/c1-7-5-9-3-4-10(9)6-8(7)2/h5-6H,1-4H2. The summed E-state index contributed by atoms with van der Waals surface area (Å²) < 4.78 is 0. The summed E-state index contributed by atoms with van der Waals surface area (Å²) in [6.45, 7) is 7.79. The second-order valence-corrected chi connectivity index (χ2v) is 2.89. The summed E-state index contributed by atoms with van der Waals surface area (Å²) in [5, 5.41) is 2.16. The Hall–Kier alpha value is -1.04. The molecule has 2 rings (SSSR count). The Morgan fingerprint density at radius 1 is 0.900 bits per heavy atom. The van der Waals surface area contributed by atoms with Crippen molar-refractivity contribution in [3.8, 4) is 0 Å². The molecule has 1 aliphatic rings. The molecule has 0 saturated carbocycles. The third-order valence-corrected chi connectivity index (χ3v) is 2.19. The van der Waals surface area contributed by atoms with Crippen LogP contribution in [0.25, 0.3) is 13.2 Å². The highest BCUT2D eigenvalue weighted by atomic mass is 14.2. The van der Waals surface area contributed by atoms with Crippen LogP contribution in [0.1, 0.15) is 11.1 Å². The summed E-state index contributed by atoms with van der Waals surface area (Å²) in [5.41, 5.74) is 2.94. The second-order valence-electron chi connectivity index (χ2n) is 2.89. The lowest BCUT2D eigenvalue weighted by Crippen LogP contribution is -2.26. The van der Waals surface area contributed by atoms with Gasteiger partial charge in [0.05, 0.1) is 0 Å². The maximum absolute atomic E-state index is 3.89. The van der Waals surface area contributed by atoms with Crippen molar-refractivity contribution in [2.45, 2.75) is 12.8 Å². The van der Waals surface area contributed by atoms with Crippen LogP contribution in [0.3, 0.4) is 0 Å². The smallest absolute Gasteiger partial charge is 0.0235 e. The van der Waals surface area contributed by atoms with Crippen LogP contribution in [0, 0.1) is 0 Å². The van der Waals surface area contributed by atoms with Crippen molar-refractivity contribution >= 4 is 13.2 Å². The van der Waals surface area contributed by atoms with Crippen molar-refractivity contribution in [2.24, 2.45) is 0 Å². The predicted molar refractivity (Wildman–Crippen MR) is 44.1 cm³/mol. The normalized spacial score (nSPS) is 14.0. The molecular weight excluding hydrogens is 120 g/mol. The Morgan fingerprint density at radius 2 is 1.30 bits per heavy atom. The maximum atomic E-state index is 3.89. The van der Waals surface area contributed by atoms with Crippen LogP contribution < -0.4 is 10.4 Å². The zero-order valence-corrected chi connectivity index (χ0v) is 5.98. The Bertz CT molecular complexity index is 323. The van der Waals surface area contributed by atoms with Crippen molar-refractivity contribution < 1.29 is 0 Å². The molecule has 1 aromatic carbocycles. The van der Waals surface area contributed by atoms with Crippen molar-refractivity contribution in [2.75, 3.05) is 0 Å². The van der Waals surface area contributed by atoms with Crippen LogP contribution >= 0.6 is 0 Å². The van der Waals surface area contributed by atoms with Gasteiger partial charge in [-0.05, 0) is 34.4 Å². The molecule has 0 heterocycles. The van der Waals surface area contributed by atoms with Crippen LogP contribution in [0.15, 0.2) is 12.1 Å². The lowest BCUT2D eigenvalue weighted by atomic mass is 9.88. The first-order valence-corrected chi connectivity index (χ1v) is 3.57. The molecule has 0 heteroatoms. The molecule has 0 saturated heterocycles. The number of rotatable bonds is 0. The second kappa shape index (κ2) is 1.72. The van der Waals surface area contributed by atoms with Crippen molar-refractivity contribution in [3.05, 3.63) is 33.7 Å². The molecular formula is C10H10. The van der Waals surface area contributed by atoms with E-state index in [-0.39, 0.29) is 0 Å². The average Bonchev–Trinajstić information content (AvgIpc) is 1.89. The highest BCUT2D eigenvalue weighted by Crippen LogP contribution is 2.17. The summed E-state index contributed by atoms with van der Waals surface area (Å²) >= 11 is 0. The van der Waals surface area contributed by atoms with Crippen molar-refractivity contribution in [1.29, 1.82) is 0 Å². The van der Waals surface area contributed by atoms with Crippen molar-refractivity contribution in [1.82, 2.24) is 0 Å². The fourth-order valence-electron chi connectivity index (χ4n) is 1.35. The van der Waals surface area contributed by atoms with E-state index in [4.69, 9.17) is 0 Å². The van der Waals surface area contributed by atoms with Crippen LogP contribution in [0.2, 0.25) is 0 Å². The fraction of sp³-hybridized carbons (Fsp3) is 0.200. The lowest BCUT2D eigenvalue weighted by molar-refractivity contribution is 0.835. The Balaban J connectivity index is 2.84. The summed E-state index contributed by atoms with van der Waals surface area (Å²) in [4.78, 5) is 0. The van der Waals surface area contributed by atoms with E-state index in [9.17, 15) is 0 Å². The van der Waals surface area contributed by atoms with E-state index in [1.807, 2.05) is 0 Å². The monoisotopic (exact) mass is 130 g/mol. The summed E-state index contributed by atoms with van der Waals surface area (Å²) in [5.74, 6) is 0. The van der Waals surface area contributed by atoms with E-state index in [0.717, 1.165) is 10.4 Å². The minimum absolute atomic E-state index is 1.08. The first-order chi connectivity index (χ1) is 4.77. The van der Waals surface area contributed by atoms with Crippen LogP contribution in [-0.2, 0) is 12.8 Å². The molecule has 0 atom stereocenters. The molecule has 0 unspecified atom stereocenters. The molecule has 0 amide bonds. The van der Waals surface area contributed by atoms with E-state index in [0.29, 0.717) is 0 Å². The zero-order valence-electron chi connectivity index (χ0n) is 5.98. The van der Waals surface area contributed by atoms with Gasteiger partial charge in [-0.3, -0.25) is 0 Å². The molecule has 1 aromatic rings. The number of benzene rings is 1. The van der Waals surface area contributed by atoms with Crippen LogP contribution in [0.4, 0.5) is 0 Å². The zero-order chi connectivity index (χ0) is 7.14. The molecule has 0 aliphatic heterocycles. The Morgan fingerprint density at radius 3 is 1.60 bits per heavy atom. The molecule has 0 bridgehead atoms. The van der Waals surface area contributed by atoms with Gasteiger partial charge in [0.15, 0.2) is 0 Å². The Kier molecular flexibility index (Phi) is 0.986. The summed E-state index contributed by atoms with van der Waals surface area (Å²) in [6.07, 6.45) is 2.47. The molecule has 50 valence electrons. The van der Waals surface area contributed by atoms with Gasteiger partial charge in [0.1, 0.15) is 0 Å². The minimum Gasteiger partial charge on any atom is -0.0912 e. The molecule has 0 nitrogen and oxygen atoms in total. The third kappa shape index (κ3) is 0.621. The SMILES string of the molecule is C=c1cc2c(cc1=C)CC2. The molecule has 0 fully saturated rings. The molecule has 0 aromatic heterocycles. The molecule has 0 radical (unpaired) electrons. The number of fused-ring (bicyclic) bond motifs is 1. The van der Waals surface area contributed by atoms with Gasteiger partial charge in [0.25, 0.3) is 0 Å². The van der Waals surface area contributed by atoms with E-state index in [1.165, 1.54) is 24.0 Å². The molecule has 1 aliphatic carbocycles. The van der Waals surface area contributed by atoms with Crippen LogP contribution in [0.5, 0.6) is 0 Å². The van der Waals surface area contributed by atoms with Gasteiger partial charge in [-0.25, -0.2) is 0 Å². The first kappa shape index (κ1) is 5.72. The maximum Gasteiger partial charge on any atom is -0.0235 e. The topological polar surface area (TPSA) is 0 Å². The van der Waals surface area contributed by atoms with Gasteiger partial charge in [-0.1, -0.05) is 25.3 Å². The summed E-state index contributed by atoms with van der Waals surface area (Å²) in [7, 11) is 0. The fourth-order valence-corrected chi connectivity index (χ4v) is 1.35. The number of hydrogen-bond donors (Lipinski definition) is 0. The predicted octanol–water partition coefficient (Wildman–Crippen LogP) is 0.606. The van der Waals surface area contributed by atoms with E-state index < -0.39 is 0 Å². The van der Waals surface area contributed by atoms with E-state index >= 15 is 0 Å². The van der Waals surface area contributed by atoms with E-state index in [2.05, 4.69) is 25.3 Å². The highest BCUT2D eigenvalue weighted by Gasteiger charge is 2.10. The van der Waals surface area contributed by atoms with Crippen LogP contribution in [-0.4, -0.2) is 0 Å². The lowest BCUT2D eigenvalue weighted by Gasteiger charge is -2.17. The van der Waals surface area contributed by atoms with Gasteiger partial charge in [0, 0.05) is 0 Å². The van der Waals surface area contributed by atoms with Gasteiger partial charge < -0.3 is 0 Å². The quantitative estimate of drug-likeness (QED) is 0.482. The van der Waals surface area contributed by atoms with Gasteiger partial charge >= 0.3 is 0 Å². The highest BCUT2D eigenvalue weighted by molar-refractivity contribution is 5.37. The summed E-state index contributed by atoms with van der Waals surface area (Å²) in [6, 6.07) is 4.31. The van der Waals surface area contributed by atoms with Gasteiger partial charge in [-0.2, -0.15) is 0 Å². The Labute approximate surface area is 60.5 Å². The minimum atomic E-state index is 1.08. The number of hydrogen-bond acceptors (Lipinski definition) is 0. The largest absolute Gasteiger partial charge is 0.0912 e. The van der Waals surface area contributed by atoms with Crippen molar-refractivity contribution in [3.63, 3.8) is 0 Å². The van der Waals surface area contributed by atoms with E-state index in [1.54, 1.807) is 0 Å². The average molecular weight is 130 g/mol. The third-order valence-electron chi connectivity index (χ3n) is 2.19. The van der Waals surface area contributed by atoms with Gasteiger partial charge in [0.2, 0.25) is 0 Å².